The highest BCUT2D eigenvalue weighted by Crippen LogP contribution is 2.32. The van der Waals surface area contributed by atoms with E-state index in [1.807, 2.05) is 0 Å². The van der Waals surface area contributed by atoms with E-state index >= 15 is 0 Å². The zero-order chi connectivity index (χ0) is 12.3. The van der Waals surface area contributed by atoms with Crippen molar-refractivity contribution in [2.24, 2.45) is 0 Å². The van der Waals surface area contributed by atoms with Gasteiger partial charge < -0.3 is 5.11 Å². The highest BCUT2D eigenvalue weighted by molar-refractivity contribution is 5.67. The number of aryl methyl sites for hydroxylation is 2. The molecule has 16 heavy (non-hydrogen) atoms. The van der Waals surface area contributed by atoms with Crippen molar-refractivity contribution in [3.05, 3.63) is 17.5 Å². The van der Waals surface area contributed by atoms with Gasteiger partial charge in [0.15, 0.2) is 0 Å². The van der Waals surface area contributed by atoms with Crippen LogP contribution in [0, 0.1) is 0 Å². The van der Waals surface area contributed by atoms with Crippen LogP contribution in [-0.4, -0.2) is 20.9 Å². The molecule has 0 aromatic carbocycles. The molecule has 1 rings (SSSR count). The van der Waals surface area contributed by atoms with Crippen LogP contribution in [0.2, 0.25) is 0 Å². The third-order valence-corrected chi connectivity index (χ3v) is 2.09. The van der Waals surface area contributed by atoms with E-state index in [1.165, 1.54) is 0 Å². The molecule has 1 heterocycles. The lowest BCUT2D eigenvalue weighted by Gasteiger charge is -2.10. The molecule has 90 valence electrons. The predicted molar refractivity (Wildman–Crippen MR) is 48.9 cm³/mol. The minimum Gasteiger partial charge on any atom is -0.481 e. The van der Waals surface area contributed by atoms with E-state index in [0.29, 0.717) is 0 Å². The first-order valence-corrected chi connectivity index (χ1v) is 4.70. The summed E-state index contributed by atoms with van der Waals surface area (Å²) in [6.45, 7) is 1.64. The van der Waals surface area contributed by atoms with Gasteiger partial charge in [0.25, 0.3) is 0 Å². The van der Waals surface area contributed by atoms with E-state index < -0.39 is 17.8 Å². The Kier molecular flexibility index (Phi) is 3.56. The number of carbonyl (C=O) groups is 1. The lowest BCUT2D eigenvalue weighted by atomic mass is 10.1. The Labute approximate surface area is 89.7 Å². The number of rotatable bonds is 4. The summed E-state index contributed by atoms with van der Waals surface area (Å²) in [6.07, 6.45) is -3.92. The number of carboxylic acid groups (broad SMARTS) is 1. The molecule has 4 nitrogen and oxygen atoms in total. The Morgan fingerprint density at radius 1 is 1.56 bits per heavy atom. The fourth-order valence-corrected chi connectivity index (χ4v) is 1.42. The van der Waals surface area contributed by atoms with Gasteiger partial charge in [-0.05, 0) is 13.3 Å². The molecule has 0 aliphatic rings. The molecule has 0 aliphatic carbocycles. The summed E-state index contributed by atoms with van der Waals surface area (Å²) in [5.74, 6) is -1.13. The zero-order valence-corrected chi connectivity index (χ0v) is 8.58. The molecule has 0 atom stereocenters. The first-order valence-electron chi connectivity index (χ1n) is 4.70. The summed E-state index contributed by atoms with van der Waals surface area (Å²) in [5.41, 5.74) is -0.923. The van der Waals surface area contributed by atoms with Crippen molar-refractivity contribution in [3.8, 4) is 0 Å². The smallest absolute Gasteiger partial charge is 0.433 e. The fourth-order valence-electron chi connectivity index (χ4n) is 1.42. The van der Waals surface area contributed by atoms with Crippen LogP contribution >= 0.6 is 0 Å². The maximum absolute atomic E-state index is 12.6. The minimum absolute atomic E-state index is 0.0725. The van der Waals surface area contributed by atoms with Crippen LogP contribution < -0.4 is 0 Å². The molecule has 0 saturated carbocycles. The summed E-state index contributed by atoms with van der Waals surface area (Å²) in [5, 5.41) is 12.0. The first kappa shape index (κ1) is 12.5. The van der Waals surface area contributed by atoms with Crippen LogP contribution in [0.15, 0.2) is 6.20 Å². The Balaban J connectivity index is 3.01. The highest BCUT2D eigenvalue weighted by atomic mass is 19.4. The predicted octanol–water partition coefficient (Wildman–Crippen LogP) is 1.94. The van der Waals surface area contributed by atoms with Gasteiger partial charge in [-0.1, -0.05) is 0 Å². The van der Waals surface area contributed by atoms with Gasteiger partial charge in [0, 0.05) is 18.5 Å². The van der Waals surface area contributed by atoms with Crippen molar-refractivity contribution < 1.29 is 23.1 Å². The Morgan fingerprint density at radius 3 is 2.62 bits per heavy atom. The molecule has 0 radical (unpaired) electrons. The number of aliphatic carboxylic acids is 1. The molecule has 0 fully saturated rings. The summed E-state index contributed by atoms with van der Waals surface area (Å²) >= 11 is 0. The third kappa shape index (κ3) is 2.74. The van der Waals surface area contributed by atoms with E-state index in [1.54, 1.807) is 6.92 Å². The zero-order valence-electron chi connectivity index (χ0n) is 8.58. The molecule has 1 N–H and O–H groups in total. The molecule has 0 aliphatic heterocycles. The molecule has 0 amide bonds. The largest absolute Gasteiger partial charge is 0.481 e. The average molecular weight is 236 g/mol. The van der Waals surface area contributed by atoms with Gasteiger partial charge >= 0.3 is 12.1 Å². The number of aromatic nitrogens is 2. The van der Waals surface area contributed by atoms with Crippen molar-refractivity contribution in [2.75, 3.05) is 0 Å². The molecule has 0 bridgehead atoms. The number of halogens is 3. The van der Waals surface area contributed by atoms with Gasteiger partial charge in [-0.15, -0.1) is 0 Å². The summed E-state index contributed by atoms with van der Waals surface area (Å²) in [7, 11) is 0. The van der Waals surface area contributed by atoms with Gasteiger partial charge in [0.2, 0.25) is 0 Å². The fraction of sp³-hybridized carbons (Fsp3) is 0.556. The molecule has 1 aromatic heterocycles. The van der Waals surface area contributed by atoms with Gasteiger partial charge in [-0.25, -0.2) is 0 Å². The topological polar surface area (TPSA) is 55.1 Å². The van der Waals surface area contributed by atoms with Crippen molar-refractivity contribution in [3.63, 3.8) is 0 Å². The minimum atomic E-state index is -4.50. The molecule has 7 heteroatoms. The summed E-state index contributed by atoms with van der Waals surface area (Å²) < 4.78 is 38.8. The van der Waals surface area contributed by atoms with Gasteiger partial charge in [-0.2, -0.15) is 18.3 Å². The molecular weight excluding hydrogens is 225 g/mol. The second-order valence-electron chi connectivity index (χ2n) is 3.23. The highest BCUT2D eigenvalue weighted by Gasteiger charge is 2.37. The van der Waals surface area contributed by atoms with Gasteiger partial charge in [0.05, 0.1) is 6.20 Å². The number of alkyl halides is 3. The van der Waals surface area contributed by atoms with Crippen LogP contribution in [0.3, 0.4) is 0 Å². The molecule has 0 saturated heterocycles. The second kappa shape index (κ2) is 4.54. The third-order valence-electron chi connectivity index (χ3n) is 2.09. The number of hydrogen-bond donors (Lipinski definition) is 1. The van der Waals surface area contributed by atoms with Crippen LogP contribution in [0.1, 0.15) is 24.6 Å². The maximum atomic E-state index is 12.6. The lowest BCUT2D eigenvalue weighted by Crippen LogP contribution is -2.16. The molecule has 0 spiro atoms. The van der Waals surface area contributed by atoms with Crippen molar-refractivity contribution in [1.82, 2.24) is 9.78 Å². The number of nitrogens with zero attached hydrogens (tertiary/aromatic N) is 2. The lowest BCUT2D eigenvalue weighted by molar-refractivity contribution is -0.145. The van der Waals surface area contributed by atoms with Crippen LogP contribution in [-0.2, 0) is 23.9 Å². The maximum Gasteiger partial charge on any atom is 0.433 e. The van der Waals surface area contributed by atoms with E-state index in [0.717, 1.165) is 10.9 Å². The van der Waals surface area contributed by atoms with E-state index in [-0.39, 0.29) is 24.9 Å². The standard InChI is InChI=1S/C9H11F3N2O2/c1-2-14-8(9(10,11)12)6(5-13-14)3-4-7(15)16/h5H,2-4H2,1H3,(H,15,16). The molecule has 0 unspecified atom stereocenters. The van der Waals surface area contributed by atoms with Gasteiger partial charge in [-0.3, -0.25) is 9.48 Å². The quantitative estimate of drug-likeness (QED) is 0.869. The number of hydrogen-bond acceptors (Lipinski definition) is 2. The Hall–Kier alpha value is -1.53. The van der Waals surface area contributed by atoms with Crippen molar-refractivity contribution in [2.45, 2.75) is 32.5 Å². The van der Waals surface area contributed by atoms with E-state index in [4.69, 9.17) is 5.11 Å². The monoisotopic (exact) mass is 236 g/mol. The van der Waals surface area contributed by atoms with E-state index in [9.17, 15) is 18.0 Å². The summed E-state index contributed by atoms with van der Waals surface area (Å²) in [6, 6.07) is 0. The molecule has 1 aromatic rings. The van der Waals surface area contributed by atoms with Crippen LogP contribution in [0.5, 0.6) is 0 Å². The number of carboxylic acids is 1. The van der Waals surface area contributed by atoms with Crippen molar-refractivity contribution >= 4 is 5.97 Å². The van der Waals surface area contributed by atoms with E-state index in [2.05, 4.69) is 5.10 Å². The summed E-state index contributed by atoms with van der Waals surface area (Å²) in [4.78, 5) is 10.3. The van der Waals surface area contributed by atoms with Crippen LogP contribution in [0.4, 0.5) is 13.2 Å². The van der Waals surface area contributed by atoms with Crippen LogP contribution in [0.25, 0.3) is 0 Å². The average Bonchev–Trinajstić information content (AvgIpc) is 2.56. The normalized spacial score (nSPS) is 11.8. The SMILES string of the molecule is CCn1ncc(CCC(=O)O)c1C(F)(F)F. The Bertz CT molecular complexity index is 385. The first-order chi connectivity index (χ1) is 7.36. The Morgan fingerprint density at radius 2 is 2.19 bits per heavy atom. The molecular formula is C9H11F3N2O2. The van der Waals surface area contributed by atoms with Crippen molar-refractivity contribution in [1.29, 1.82) is 0 Å². The van der Waals surface area contributed by atoms with Gasteiger partial charge in [0.1, 0.15) is 5.69 Å². The second-order valence-corrected chi connectivity index (χ2v) is 3.23.